The predicted molar refractivity (Wildman–Crippen MR) is 76.3 cm³/mol. The topological polar surface area (TPSA) is 39.5 Å². The molecule has 4 nitrogen and oxygen atoms in total. The number of hydrogen-bond donors (Lipinski definition) is 0. The number of rotatable bonds is 4. The van der Waals surface area contributed by atoms with E-state index in [0.717, 1.165) is 32.7 Å². The lowest BCUT2D eigenvalue weighted by Gasteiger charge is -2.30. The largest absolute Gasteiger partial charge is 0.379 e. The number of morpholine rings is 1. The molecule has 0 spiro atoms. The number of hydrogen-bond acceptors (Lipinski definition) is 4. The van der Waals surface area contributed by atoms with E-state index in [2.05, 4.69) is 40.1 Å². The van der Waals surface area contributed by atoms with Crippen molar-refractivity contribution in [1.82, 2.24) is 4.90 Å². The average Bonchev–Trinajstić information content (AvgIpc) is 2.46. The van der Waals surface area contributed by atoms with Gasteiger partial charge in [-0.1, -0.05) is 12.1 Å². The Labute approximate surface area is 115 Å². The Kier molecular flexibility index (Phi) is 4.78. The normalized spacial score (nSPS) is 17.7. The molecule has 1 saturated heterocycles. The molecule has 1 aromatic carbocycles. The molecule has 0 aromatic heterocycles. The van der Waals surface area contributed by atoms with Crippen molar-refractivity contribution in [3.05, 3.63) is 29.8 Å². The van der Waals surface area contributed by atoms with Crippen LogP contribution in [0.25, 0.3) is 0 Å². The molecule has 0 aliphatic carbocycles. The van der Waals surface area contributed by atoms with Crippen LogP contribution in [0.15, 0.2) is 24.3 Å². The predicted octanol–water partition coefficient (Wildman–Crippen LogP) is 1.52. The minimum absolute atomic E-state index is 0.0471. The van der Waals surface area contributed by atoms with E-state index in [0.29, 0.717) is 0 Å². The van der Waals surface area contributed by atoms with Gasteiger partial charge in [0, 0.05) is 39.3 Å². The van der Waals surface area contributed by atoms with Gasteiger partial charge in [-0.25, -0.2) is 0 Å². The molecule has 1 aromatic rings. The van der Waals surface area contributed by atoms with Gasteiger partial charge in [0.15, 0.2) is 0 Å². The van der Waals surface area contributed by atoms with Crippen LogP contribution in [-0.4, -0.2) is 51.3 Å². The Balaban J connectivity index is 1.99. The molecule has 1 atom stereocenters. The molecule has 2 rings (SSSR count). The zero-order valence-electron chi connectivity index (χ0n) is 11.7. The van der Waals surface area contributed by atoms with Gasteiger partial charge in [0.2, 0.25) is 0 Å². The molecule has 1 aliphatic heterocycles. The summed E-state index contributed by atoms with van der Waals surface area (Å²) in [5, 5.41) is 9.34. The third-order valence-electron chi connectivity index (χ3n) is 3.52. The minimum Gasteiger partial charge on any atom is -0.379 e. The first-order chi connectivity index (χ1) is 9.20. The van der Waals surface area contributed by atoms with E-state index in [4.69, 9.17) is 4.74 Å². The number of benzene rings is 1. The fourth-order valence-corrected chi connectivity index (χ4v) is 2.30. The zero-order valence-corrected chi connectivity index (χ0v) is 11.7. The maximum Gasteiger partial charge on any atom is 0.102 e. The lowest BCUT2D eigenvalue weighted by Crippen LogP contribution is -2.43. The second-order valence-electron chi connectivity index (χ2n) is 5.06. The summed E-state index contributed by atoms with van der Waals surface area (Å²) in [6.07, 6.45) is 0.782. The van der Waals surface area contributed by atoms with Crippen molar-refractivity contribution in [3.8, 4) is 6.07 Å². The van der Waals surface area contributed by atoms with Gasteiger partial charge in [0.1, 0.15) is 6.04 Å². The summed E-state index contributed by atoms with van der Waals surface area (Å²) >= 11 is 0. The van der Waals surface area contributed by atoms with Crippen LogP contribution < -0.4 is 4.90 Å². The van der Waals surface area contributed by atoms with Gasteiger partial charge < -0.3 is 9.64 Å². The zero-order chi connectivity index (χ0) is 13.7. The first-order valence-corrected chi connectivity index (χ1v) is 6.68. The van der Waals surface area contributed by atoms with Gasteiger partial charge in [-0.15, -0.1) is 0 Å². The first kappa shape index (κ1) is 13.9. The summed E-state index contributed by atoms with van der Waals surface area (Å²) in [5.74, 6) is 0. The standard InChI is InChI=1S/C15H21N3O/c1-17(2)14-5-3-13(4-6-14)11-15(12-16)18-7-9-19-10-8-18/h3-6,15H,7-11H2,1-2H3. The molecule has 1 fully saturated rings. The highest BCUT2D eigenvalue weighted by Gasteiger charge is 2.20. The molecule has 0 amide bonds. The molecule has 0 radical (unpaired) electrons. The molecule has 0 N–H and O–H groups in total. The van der Waals surface area contributed by atoms with Crippen molar-refractivity contribution in [2.24, 2.45) is 0 Å². The van der Waals surface area contributed by atoms with Crippen molar-refractivity contribution < 1.29 is 4.74 Å². The summed E-state index contributed by atoms with van der Waals surface area (Å²) in [5.41, 5.74) is 2.40. The minimum atomic E-state index is -0.0471. The maximum atomic E-state index is 9.34. The summed E-state index contributed by atoms with van der Waals surface area (Å²) in [7, 11) is 4.06. The molecule has 1 unspecified atom stereocenters. The summed E-state index contributed by atoms with van der Waals surface area (Å²) in [6.45, 7) is 3.18. The second-order valence-corrected chi connectivity index (χ2v) is 5.06. The van der Waals surface area contributed by atoms with Crippen LogP contribution in [0.3, 0.4) is 0 Å². The Morgan fingerprint density at radius 2 is 1.89 bits per heavy atom. The van der Waals surface area contributed by atoms with Crippen LogP contribution in [-0.2, 0) is 11.2 Å². The van der Waals surface area contributed by atoms with Gasteiger partial charge in [0.25, 0.3) is 0 Å². The maximum absolute atomic E-state index is 9.34. The fraction of sp³-hybridized carbons (Fsp3) is 0.533. The number of anilines is 1. The SMILES string of the molecule is CN(C)c1ccc(CC(C#N)N2CCOCC2)cc1. The van der Waals surface area contributed by atoms with Crippen LogP contribution in [0.2, 0.25) is 0 Å². The van der Waals surface area contributed by atoms with Crippen LogP contribution in [0.4, 0.5) is 5.69 Å². The highest BCUT2D eigenvalue weighted by molar-refractivity contribution is 5.46. The van der Waals surface area contributed by atoms with E-state index in [1.54, 1.807) is 0 Å². The molecule has 4 heteroatoms. The molecule has 19 heavy (non-hydrogen) atoms. The third kappa shape index (κ3) is 3.69. The average molecular weight is 259 g/mol. The lowest BCUT2D eigenvalue weighted by atomic mass is 10.0. The summed E-state index contributed by atoms with van der Waals surface area (Å²) in [4.78, 5) is 4.29. The molecular weight excluding hydrogens is 238 g/mol. The van der Waals surface area contributed by atoms with Gasteiger partial charge in [-0.3, -0.25) is 4.90 Å². The fourth-order valence-electron chi connectivity index (χ4n) is 2.30. The van der Waals surface area contributed by atoms with Crippen molar-refractivity contribution in [2.75, 3.05) is 45.3 Å². The van der Waals surface area contributed by atoms with E-state index in [9.17, 15) is 5.26 Å². The summed E-state index contributed by atoms with van der Waals surface area (Å²) < 4.78 is 5.33. The first-order valence-electron chi connectivity index (χ1n) is 6.68. The van der Waals surface area contributed by atoms with Gasteiger partial charge in [-0.05, 0) is 17.7 Å². The Hall–Kier alpha value is -1.57. The van der Waals surface area contributed by atoms with Crippen LogP contribution >= 0.6 is 0 Å². The summed E-state index contributed by atoms with van der Waals surface area (Å²) in [6, 6.07) is 10.8. The van der Waals surface area contributed by atoms with E-state index in [1.807, 2.05) is 14.1 Å². The van der Waals surface area contributed by atoms with Gasteiger partial charge >= 0.3 is 0 Å². The monoisotopic (exact) mass is 259 g/mol. The van der Waals surface area contributed by atoms with Crippen molar-refractivity contribution in [1.29, 1.82) is 5.26 Å². The molecule has 0 saturated carbocycles. The quantitative estimate of drug-likeness (QED) is 0.822. The third-order valence-corrected chi connectivity index (χ3v) is 3.52. The van der Waals surface area contributed by atoms with Crippen LogP contribution in [0.5, 0.6) is 0 Å². The van der Waals surface area contributed by atoms with Crippen molar-refractivity contribution in [3.63, 3.8) is 0 Å². The van der Waals surface area contributed by atoms with Crippen molar-refractivity contribution in [2.45, 2.75) is 12.5 Å². The Morgan fingerprint density at radius 1 is 1.26 bits per heavy atom. The second kappa shape index (κ2) is 6.55. The number of ether oxygens (including phenoxy) is 1. The molecule has 1 aliphatic rings. The Bertz CT molecular complexity index is 430. The molecular formula is C15H21N3O. The molecule has 102 valence electrons. The Morgan fingerprint density at radius 3 is 2.42 bits per heavy atom. The van der Waals surface area contributed by atoms with Crippen LogP contribution in [0.1, 0.15) is 5.56 Å². The highest BCUT2D eigenvalue weighted by Crippen LogP contribution is 2.15. The van der Waals surface area contributed by atoms with Crippen molar-refractivity contribution >= 4 is 5.69 Å². The number of nitriles is 1. The smallest absolute Gasteiger partial charge is 0.102 e. The number of nitrogens with zero attached hydrogens (tertiary/aromatic N) is 3. The van der Waals surface area contributed by atoms with Crippen LogP contribution in [0, 0.1) is 11.3 Å². The molecule has 0 bridgehead atoms. The lowest BCUT2D eigenvalue weighted by molar-refractivity contribution is 0.0270. The van der Waals surface area contributed by atoms with E-state index in [-0.39, 0.29) is 6.04 Å². The van der Waals surface area contributed by atoms with E-state index >= 15 is 0 Å². The van der Waals surface area contributed by atoms with E-state index < -0.39 is 0 Å². The highest BCUT2D eigenvalue weighted by atomic mass is 16.5. The molecule has 1 heterocycles. The van der Waals surface area contributed by atoms with Gasteiger partial charge in [0.05, 0.1) is 19.3 Å². The van der Waals surface area contributed by atoms with E-state index in [1.165, 1.54) is 11.3 Å². The van der Waals surface area contributed by atoms with Gasteiger partial charge in [-0.2, -0.15) is 5.26 Å².